The molecule has 14 heavy (non-hydrogen) atoms. The lowest BCUT2D eigenvalue weighted by atomic mass is 9.68. The fraction of sp³-hybridized carbons (Fsp3) is 1.00. The Morgan fingerprint density at radius 3 is 2.64 bits per heavy atom. The molecule has 1 nitrogen and oxygen atoms in total. The van der Waals surface area contributed by atoms with Crippen LogP contribution in [0.4, 0.5) is 4.39 Å². The third-order valence-electron chi connectivity index (χ3n) is 4.08. The van der Waals surface area contributed by atoms with E-state index in [0.29, 0.717) is 12.6 Å². The Labute approximate surface area is 86.5 Å². The summed E-state index contributed by atoms with van der Waals surface area (Å²) in [5, 5.41) is 3.40. The van der Waals surface area contributed by atoms with Crippen LogP contribution in [0.15, 0.2) is 0 Å². The molecule has 0 radical (unpaired) electrons. The summed E-state index contributed by atoms with van der Waals surface area (Å²) >= 11 is 0. The Balaban J connectivity index is 1.88. The minimum absolute atomic E-state index is 0.214. The van der Waals surface area contributed by atoms with Crippen molar-refractivity contribution in [1.29, 1.82) is 0 Å². The molecule has 2 heteroatoms. The number of halogens is 1. The van der Waals surface area contributed by atoms with Gasteiger partial charge in [0.05, 0.1) is 0 Å². The summed E-state index contributed by atoms with van der Waals surface area (Å²) in [4.78, 5) is 0. The SMILES string of the molecule is FCCNC1CCCC2CCCCC21. The normalized spacial score (nSPS) is 37.9. The standard InChI is InChI=1S/C12H22FN/c13-8-9-14-12-7-3-5-10-4-1-2-6-11(10)12/h10-12,14H,1-9H2. The van der Waals surface area contributed by atoms with E-state index in [4.69, 9.17) is 0 Å². The zero-order valence-corrected chi connectivity index (χ0v) is 8.97. The monoisotopic (exact) mass is 199 g/mol. The second-order valence-corrected chi connectivity index (χ2v) is 4.89. The number of hydrogen-bond donors (Lipinski definition) is 1. The maximum absolute atomic E-state index is 12.1. The molecule has 0 aromatic carbocycles. The van der Waals surface area contributed by atoms with E-state index < -0.39 is 0 Å². The van der Waals surface area contributed by atoms with Crippen LogP contribution in [0.1, 0.15) is 44.9 Å². The van der Waals surface area contributed by atoms with Crippen LogP contribution in [0.25, 0.3) is 0 Å². The molecule has 3 unspecified atom stereocenters. The average molecular weight is 199 g/mol. The van der Waals surface area contributed by atoms with Gasteiger partial charge in [-0.1, -0.05) is 32.1 Å². The van der Waals surface area contributed by atoms with E-state index >= 15 is 0 Å². The highest BCUT2D eigenvalue weighted by Gasteiger charge is 2.34. The van der Waals surface area contributed by atoms with Gasteiger partial charge in [0.2, 0.25) is 0 Å². The summed E-state index contributed by atoms with van der Waals surface area (Å²) in [7, 11) is 0. The lowest BCUT2D eigenvalue weighted by Gasteiger charge is -2.41. The van der Waals surface area contributed by atoms with Crippen LogP contribution in [0, 0.1) is 11.8 Å². The summed E-state index contributed by atoms with van der Waals surface area (Å²) in [6.07, 6.45) is 9.70. The van der Waals surface area contributed by atoms with Crippen molar-refractivity contribution in [1.82, 2.24) is 5.32 Å². The molecule has 0 spiro atoms. The Kier molecular flexibility index (Phi) is 3.80. The van der Waals surface area contributed by atoms with E-state index in [1.54, 1.807) is 0 Å². The second kappa shape index (κ2) is 5.11. The number of rotatable bonds is 3. The van der Waals surface area contributed by atoms with E-state index in [1.165, 1.54) is 44.9 Å². The first-order valence-electron chi connectivity index (χ1n) is 6.21. The number of alkyl halides is 1. The maximum atomic E-state index is 12.1. The van der Waals surface area contributed by atoms with Crippen LogP contribution >= 0.6 is 0 Å². The molecule has 2 rings (SSSR count). The van der Waals surface area contributed by atoms with E-state index in [-0.39, 0.29) is 6.67 Å². The van der Waals surface area contributed by atoms with Crippen LogP contribution < -0.4 is 5.32 Å². The van der Waals surface area contributed by atoms with Gasteiger partial charge in [0.1, 0.15) is 6.67 Å². The minimum Gasteiger partial charge on any atom is -0.311 e. The number of hydrogen-bond acceptors (Lipinski definition) is 1. The third kappa shape index (κ3) is 2.28. The van der Waals surface area contributed by atoms with E-state index in [0.717, 1.165) is 11.8 Å². The maximum Gasteiger partial charge on any atom is 0.102 e. The van der Waals surface area contributed by atoms with Crippen LogP contribution in [-0.4, -0.2) is 19.3 Å². The second-order valence-electron chi connectivity index (χ2n) is 4.89. The Morgan fingerprint density at radius 2 is 1.79 bits per heavy atom. The molecule has 0 amide bonds. The summed E-state index contributed by atoms with van der Waals surface area (Å²) in [5.74, 6) is 1.82. The zero-order chi connectivity index (χ0) is 9.80. The molecule has 0 heterocycles. The van der Waals surface area contributed by atoms with Crippen molar-refractivity contribution >= 4 is 0 Å². The Morgan fingerprint density at radius 1 is 1.00 bits per heavy atom. The van der Waals surface area contributed by atoms with Crippen molar-refractivity contribution in [3.8, 4) is 0 Å². The molecule has 2 aliphatic rings. The molecule has 2 aliphatic carbocycles. The minimum atomic E-state index is -0.214. The largest absolute Gasteiger partial charge is 0.311 e. The lowest BCUT2D eigenvalue weighted by Crippen LogP contribution is -2.44. The predicted octanol–water partition coefficient (Wildman–Crippen LogP) is 2.90. The lowest BCUT2D eigenvalue weighted by molar-refractivity contribution is 0.125. The number of nitrogens with one attached hydrogen (secondary N) is 1. The molecule has 3 atom stereocenters. The highest BCUT2D eigenvalue weighted by Crippen LogP contribution is 2.40. The van der Waals surface area contributed by atoms with Crippen molar-refractivity contribution in [2.75, 3.05) is 13.2 Å². The van der Waals surface area contributed by atoms with Gasteiger partial charge in [-0.2, -0.15) is 0 Å². The molecular formula is C12H22FN. The fourth-order valence-corrected chi connectivity index (χ4v) is 3.43. The summed E-state index contributed by atoms with van der Waals surface area (Å²) in [6.45, 7) is 0.349. The van der Waals surface area contributed by atoms with Gasteiger partial charge in [0, 0.05) is 12.6 Å². The van der Waals surface area contributed by atoms with Gasteiger partial charge < -0.3 is 5.32 Å². The summed E-state index contributed by atoms with van der Waals surface area (Å²) < 4.78 is 12.1. The van der Waals surface area contributed by atoms with Gasteiger partial charge in [-0.25, -0.2) is 4.39 Å². The predicted molar refractivity (Wildman–Crippen MR) is 57.1 cm³/mol. The Bertz CT molecular complexity index is 170. The highest BCUT2D eigenvalue weighted by molar-refractivity contribution is 4.88. The number of fused-ring (bicyclic) bond motifs is 1. The average Bonchev–Trinajstić information content (AvgIpc) is 2.26. The summed E-state index contributed by atoms with van der Waals surface area (Å²) in [5.41, 5.74) is 0. The molecule has 2 saturated carbocycles. The zero-order valence-electron chi connectivity index (χ0n) is 8.97. The van der Waals surface area contributed by atoms with E-state index in [2.05, 4.69) is 5.32 Å². The molecule has 0 aromatic rings. The van der Waals surface area contributed by atoms with Gasteiger partial charge in [-0.05, 0) is 24.7 Å². The highest BCUT2D eigenvalue weighted by atomic mass is 19.1. The van der Waals surface area contributed by atoms with Gasteiger partial charge in [0.15, 0.2) is 0 Å². The third-order valence-corrected chi connectivity index (χ3v) is 4.08. The first-order valence-corrected chi connectivity index (χ1v) is 6.21. The van der Waals surface area contributed by atoms with Crippen LogP contribution in [0.2, 0.25) is 0 Å². The molecular weight excluding hydrogens is 177 g/mol. The molecule has 0 bridgehead atoms. The Hall–Kier alpha value is -0.110. The molecule has 0 aromatic heterocycles. The van der Waals surface area contributed by atoms with Crippen molar-refractivity contribution < 1.29 is 4.39 Å². The van der Waals surface area contributed by atoms with Crippen molar-refractivity contribution in [3.63, 3.8) is 0 Å². The smallest absolute Gasteiger partial charge is 0.102 e. The molecule has 0 saturated heterocycles. The molecule has 1 N–H and O–H groups in total. The van der Waals surface area contributed by atoms with Crippen molar-refractivity contribution in [3.05, 3.63) is 0 Å². The van der Waals surface area contributed by atoms with Gasteiger partial charge >= 0.3 is 0 Å². The van der Waals surface area contributed by atoms with Gasteiger partial charge in [0.25, 0.3) is 0 Å². The quantitative estimate of drug-likeness (QED) is 0.737. The van der Waals surface area contributed by atoms with Crippen LogP contribution in [-0.2, 0) is 0 Å². The fourth-order valence-electron chi connectivity index (χ4n) is 3.43. The van der Waals surface area contributed by atoms with Crippen LogP contribution in [0.5, 0.6) is 0 Å². The van der Waals surface area contributed by atoms with Gasteiger partial charge in [-0.15, -0.1) is 0 Å². The van der Waals surface area contributed by atoms with E-state index in [9.17, 15) is 4.39 Å². The topological polar surface area (TPSA) is 12.0 Å². The van der Waals surface area contributed by atoms with Crippen molar-refractivity contribution in [2.24, 2.45) is 11.8 Å². The first kappa shape index (κ1) is 10.4. The first-order chi connectivity index (χ1) is 6.92. The van der Waals surface area contributed by atoms with Crippen molar-refractivity contribution in [2.45, 2.75) is 51.0 Å². The molecule has 2 fully saturated rings. The summed E-state index contributed by atoms with van der Waals surface area (Å²) in [6, 6.07) is 0.629. The molecule has 82 valence electrons. The van der Waals surface area contributed by atoms with Crippen LogP contribution in [0.3, 0.4) is 0 Å². The van der Waals surface area contributed by atoms with E-state index in [1.807, 2.05) is 0 Å². The van der Waals surface area contributed by atoms with Gasteiger partial charge in [-0.3, -0.25) is 0 Å². The molecule has 0 aliphatic heterocycles.